The summed E-state index contributed by atoms with van der Waals surface area (Å²) >= 11 is 0. The molecular formula is C18H33N3. The summed E-state index contributed by atoms with van der Waals surface area (Å²) in [5, 5.41) is 3.65. The van der Waals surface area contributed by atoms with Gasteiger partial charge in [0.25, 0.3) is 0 Å². The van der Waals surface area contributed by atoms with E-state index in [9.17, 15) is 0 Å². The fourth-order valence-corrected chi connectivity index (χ4v) is 3.39. The average Bonchev–Trinajstić information content (AvgIpc) is 2.80. The Morgan fingerprint density at radius 3 is 2.57 bits per heavy atom. The van der Waals surface area contributed by atoms with Crippen molar-refractivity contribution >= 4 is 5.95 Å². The summed E-state index contributed by atoms with van der Waals surface area (Å²) in [6.45, 7) is 9.00. The normalized spacial score (nSPS) is 18.1. The van der Waals surface area contributed by atoms with Crippen molar-refractivity contribution in [3.05, 3.63) is 11.9 Å². The van der Waals surface area contributed by atoms with Crippen LogP contribution in [0.4, 0.5) is 5.95 Å². The molecule has 1 aromatic rings. The van der Waals surface area contributed by atoms with Crippen molar-refractivity contribution in [2.24, 2.45) is 5.92 Å². The van der Waals surface area contributed by atoms with Crippen molar-refractivity contribution in [2.75, 3.05) is 5.32 Å². The minimum Gasteiger partial charge on any atom is -0.353 e. The van der Waals surface area contributed by atoms with Gasteiger partial charge in [-0.2, -0.15) is 0 Å². The first-order valence-corrected chi connectivity index (χ1v) is 8.88. The molecule has 0 amide bonds. The average molecular weight is 291 g/mol. The van der Waals surface area contributed by atoms with E-state index in [4.69, 9.17) is 4.98 Å². The maximum Gasteiger partial charge on any atom is 0.203 e. The Morgan fingerprint density at radius 1 is 1.19 bits per heavy atom. The number of nitrogens with one attached hydrogen (secondary N) is 1. The standard InChI is InChI=1S/C18H33N3/c1-14(2)9-8-10-15(3)19-18-20-16(4)13-21(18)17-11-6-5-7-12-17/h13-15,17H,5-12H2,1-4H3,(H,19,20). The lowest BCUT2D eigenvalue weighted by molar-refractivity contribution is 0.355. The van der Waals surface area contributed by atoms with E-state index >= 15 is 0 Å². The van der Waals surface area contributed by atoms with Crippen LogP contribution in [0.3, 0.4) is 0 Å². The minimum atomic E-state index is 0.507. The van der Waals surface area contributed by atoms with Crippen LogP contribution in [0.25, 0.3) is 0 Å². The predicted molar refractivity (Wildman–Crippen MR) is 90.9 cm³/mol. The highest BCUT2D eigenvalue weighted by Gasteiger charge is 2.19. The summed E-state index contributed by atoms with van der Waals surface area (Å²) in [5.74, 6) is 1.90. The number of hydrogen-bond acceptors (Lipinski definition) is 2. The third kappa shape index (κ3) is 5.05. The molecule has 3 nitrogen and oxygen atoms in total. The molecular weight excluding hydrogens is 258 g/mol. The van der Waals surface area contributed by atoms with Gasteiger partial charge in [0.15, 0.2) is 0 Å². The van der Waals surface area contributed by atoms with Gasteiger partial charge in [-0.15, -0.1) is 0 Å². The first-order chi connectivity index (χ1) is 10.1. The largest absolute Gasteiger partial charge is 0.353 e. The molecule has 1 atom stereocenters. The Kier molecular flexibility index (Phi) is 6.13. The first-order valence-electron chi connectivity index (χ1n) is 8.88. The quantitative estimate of drug-likeness (QED) is 0.736. The number of nitrogens with zero attached hydrogens (tertiary/aromatic N) is 2. The molecule has 2 rings (SSSR count). The summed E-state index contributed by atoms with van der Waals surface area (Å²) in [4.78, 5) is 4.72. The van der Waals surface area contributed by atoms with Gasteiger partial charge in [0.1, 0.15) is 0 Å². The Labute approximate surface area is 130 Å². The zero-order valence-electron chi connectivity index (χ0n) is 14.4. The Hall–Kier alpha value is -0.990. The zero-order chi connectivity index (χ0) is 15.2. The molecule has 1 unspecified atom stereocenters. The predicted octanol–water partition coefficient (Wildman–Crippen LogP) is 5.32. The van der Waals surface area contributed by atoms with Crippen LogP contribution in [0.15, 0.2) is 6.20 Å². The van der Waals surface area contributed by atoms with Crippen molar-refractivity contribution in [1.82, 2.24) is 9.55 Å². The van der Waals surface area contributed by atoms with Crippen LogP contribution in [-0.4, -0.2) is 15.6 Å². The van der Waals surface area contributed by atoms with Crippen molar-refractivity contribution in [2.45, 2.75) is 91.1 Å². The molecule has 1 saturated carbocycles. The van der Waals surface area contributed by atoms with Gasteiger partial charge in [-0.05, 0) is 39.0 Å². The molecule has 0 aliphatic heterocycles. The van der Waals surface area contributed by atoms with E-state index in [1.807, 2.05) is 0 Å². The molecule has 1 aliphatic rings. The van der Waals surface area contributed by atoms with Gasteiger partial charge in [0, 0.05) is 18.3 Å². The van der Waals surface area contributed by atoms with Gasteiger partial charge >= 0.3 is 0 Å². The van der Waals surface area contributed by atoms with Crippen LogP contribution < -0.4 is 5.32 Å². The summed E-state index contributed by atoms with van der Waals surface area (Å²) in [7, 11) is 0. The van der Waals surface area contributed by atoms with Crippen molar-refractivity contribution in [1.29, 1.82) is 0 Å². The second-order valence-electron chi connectivity index (χ2n) is 7.28. The molecule has 1 aromatic heterocycles. The Morgan fingerprint density at radius 2 is 1.90 bits per heavy atom. The van der Waals surface area contributed by atoms with Crippen LogP contribution in [0.5, 0.6) is 0 Å². The van der Waals surface area contributed by atoms with E-state index in [0.717, 1.165) is 17.6 Å². The van der Waals surface area contributed by atoms with E-state index in [-0.39, 0.29) is 0 Å². The molecule has 1 aliphatic carbocycles. The van der Waals surface area contributed by atoms with Gasteiger partial charge in [0.05, 0.1) is 5.69 Å². The minimum absolute atomic E-state index is 0.507. The summed E-state index contributed by atoms with van der Waals surface area (Å²) in [6.07, 6.45) is 12.8. The summed E-state index contributed by atoms with van der Waals surface area (Å²) in [5.41, 5.74) is 1.14. The molecule has 0 radical (unpaired) electrons. The van der Waals surface area contributed by atoms with E-state index in [0.29, 0.717) is 12.1 Å². The van der Waals surface area contributed by atoms with Gasteiger partial charge in [-0.3, -0.25) is 0 Å². The topological polar surface area (TPSA) is 29.9 Å². The van der Waals surface area contributed by atoms with Gasteiger partial charge in [0.2, 0.25) is 5.95 Å². The highest BCUT2D eigenvalue weighted by molar-refractivity contribution is 5.31. The lowest BCUT2D eigenvalue weighted by Crippen LogP contribution is -2.21. The van der Waals surface area contributed by atoms with Gasteiger partial charge in [-0.1, -0.05) is 46.0 Å². The van der Waals surface area contributed by atoms with Crippen molar-refractivity contribution in [3.8, 4) is 0 Å². The second-order valence-corrected chi connectivity index (χ2v) is 7.28. The molecule has 0 saturated heterocycles. The Balaban J connectivity index is 1.92. The van der Waals surface area contributed by atoms with Crippen molar-refractivity contribution < 1.29 is 0 Å². The van der Waals surface area contributed by atoms with Crippen LogP contribution in [0.2, 0.25) is 0 Å². The lowest BCUT2D eigenvalue weighted by atomic mass is 9.95. The van der Waals surface area contributed by atoms with Crippen molar-refractivity contribution in [3.63, 3.8) is 0 Å². The third-order valence-electron chi connectivity index (χ3n) is 4.61. The molecule has 1 N–H and O–H groups in total. The molecule has 120 valence electrons. The molecule has 1 fully saturated rings. The molecule has 3 heteroatoms. The maximum atomic E-state index is 4.72. The fraction of sp³-hybridized carbons (Fsp3) is 0.833. The monoisotopic (exact) mass is 291 g/mol. The highest BCUT2D eigenvalue weighted by Crippen LogP contribution is 2.31. The van der Waals surface area contributed by atoms with E-state index in [1.54, 1.807) is 0 Å². The summed E-state index contributed by atoms with van der Waals surface area (Å²) in [6, 6.07) is 1.17. The molecule has 21 heavy (non-hydrogen) atoms. The molecule has 0 aromatic carbocycles. The van der Waals surface area contributed by atoms with E-state index in [1.165, 1.54) is 51.4 Å². The number of aromatic nitrogens is 2. The number of anilines is 1. The van der Waals surface area contributed by atoms with Gasteiger partial charge < -0.3 is 9.88 Å². The van der Waals surface area contributed by atoms with Crippen LogP contribution in [-0.2, 0) is 0 Å². The molecule has 1 heterocycles. The van der Waals surface area contributed by atoms with Crippen LogP contribution in [0, 0.1) is 12.8 Å². The second kappa shape index (κ2) is 7.86. The van der Waals surface area contributed by atoms with Gasteiger partial charge in [-0.25, -0.2) is 4.98 Å². The number of rotatable bonds is 7. The number of aryl methyl sites for hydroxylation is 1. The third-order valence-corrected chi connectivity index (χ3v) is 4.61. The summed E-state index contributed by atoms with van der Waals surface area (Å²) < 4.78 is 2.41. The first kappa shape index (κ1) is 16.4. The smallest absolute Gasteiger partial charge is 0.203 e. The lowest BCUT2D eigenvalue weighted by Gasteiger charge is -2.26. The number of imidazole rings is 1. The zero-order valence-corrected chi connectivity index (χ0v) is 14.4. The van der Waals surface area contributed by atoms with E-state index in [2.05, 4.69) is 43.8 Å². The maximum absolute atomic E-state index is 4.72. The molecule has 0 spiro atoms. The Bertz CT molecular complexity index is 416. The van der Waals surface area contributed by atoms with Crippen LogP contribution in [0.1, 0.15) is 83.9 Å². The SMILES string of the molecule is Cc1cn(C2CCCCC2)c(NC(C)CCCC(C)C)n1. The van der Waals surface area contributed by atoms with E-state index < -0.39 is 0 Å². The highest BCUT2D eigenvalue weighted by atomic mass is 15.2. The van der Waals surface area contributed by atoms with Crippen LogP contribution >= 0.6 is 0 Å². The molecule has 0 bridgehead atoms. The fourth-order valence-electron chi connectivity index (χ4n) is 3.39. The number of hydrogen-bond donors (Lipinski definition) is 1.